The van der Waals surface area contributed by atoms with Gasteiger partial charge in [-0.05, 0) is 19.1 Å². The summed E-state index contributed by atoms with van der Waals surface area (Å²) < 4.78 is 231. The number of carbonyl (C=O) groups excluding carboxylic acids is 1. The predicted octanol–water partition coefficient (Wildman–Crippen LogP) is 10.1. The molecule has 258 valence electrons. The number of rotatable bonds is 20. The fourth-order valence-corrected chi connectivity index (χ4v) is 5.66. The van der Waals surface area contributed by atoms with Crippen LogP contribution in [-0.4, -0.2) is 76.3 Å². The van der Waals surface area contributed by atoms with Crippen LogP contribution in [0.4, 0.5) is 74.6 Å². The smallest absolute Gasteiger partial charge is 0.460 e. The summed E-state index contributed by atoms with van der Waals surface area (Å²) in [6.45, 7) is 3.02. The summed E-state index contributed by atoms with van der Waals surface area (Å²) in [6.07, 6.45) is -5.68. The lowest BCUT2D eigenvalue weighted by molar-refractivity contribution is -0.461. The van der Waals surface area contributed by atoms with Crippen LogP contribution in [0.15, 0.2) is 0 Å². The van der Waals surface area contributed by atoms with Gasteiger partial charge >= 0.3 is 53.6 Å². The lowest BCUT2D eigenvalue weighted by Gasteiger charge is -2.42. The molecule has 0 aliphatic rings. The van der Waals surface area contributed by atoms with Crippen LogP contribution in [0.3, 0.4) is 0 Å². The molecule has 0 radical (unpaired) electrons. The molecule has 0 rings (SSSR count). The quantitative estimate of drug-likeness (QED) is 0.0544. The maximum absolute atomic E-state index is 14.1. The van der Waals surface area contributed by atoms with Crippen LogP contribution in [-0.2, 0) is 9.53 Å². The maximum atomic E-state index is 14.1. The molecule has 0 saturated heterocycles. The molecule has 21 heteroatoms. The average molecular weight is 711 g/mol. The van der Waals surface area contributed by atoms with Crippen molar-refractivity contribution in [1.82, 2.24) is 0 Å². The van der Waals surface area contributed by atoms with Crippen molar-refractivity contribution in [2.45, 2.75) is 111 Å². The normalized spacial score (nSPS) is 15.5. The molecule has 0 spiro atoms. The molecule has 0 heterocycles. The molecule has 0 N–H and O–H groups in total. The van der Waals surface area contributed by atoms with Gasteiger partial charge in [-0.25, -0.2) is 4.79 Å². The number of alkyl halides is 17. The van der Waals surface area contributed by atoms with E-state index in [4.69, 9.17) is 0 Å². The largest absolute Gasteiger partial charge is 0.465 e. The van der Waals surface area contributed by atoms with E-state index in [-0.39, 0.29) is 24.1 Å². The van der Waals surface area contributed by atoms with E-state index in [1.54, 1.807) is 0 Å². The summed E-state index contributed by atoms with van der Waals surface area (Å²) in [6, 6.07) is 0. The molecule has 0 saturated carbocycles. The van der Waals surface area contributed by atoms with Crippen molar-refractivity contribution in [1.29, 1.82) is 0 Å². The first-order valence-electron chi connectivity index (χ1n) is 12.3. The van der Waals surface area contributed by atoms with E-state index in [1.165, 1.54) is 6.92 Å². The molecule has 0 amide bonds. The van der Waals surface area contributed by atoms with Gasteiger partial charge in [0.1, 0.15) is 4.58 Å². The molecule has 0 bridgehead atoms. The zero-order valence-electron chi connectivity index (χ0n) is 22.2. The Morgan fingerprint density at radius 1 is 0.558 bits per heavy atom. The first-order chi connectivity index (χ1) is 19.2. The van der Waals surface area contributed by atoms with Crippen molar-refractivity contribution < 1.29 is 84.2 Å². The van der Waals surface area contributed by atoms with Gasteiger partial charge in [-0.2, -0.15) is 74.6 Å². The summed E-state index contributed by atoms with van der Waals surface area (Å²) in [5, 5.41) is 0. The maximum Gasteiger partial charge on any atom is 0.460 e. The first-order valence-corrected chi connectivity index (χ1v) is 14.4. The van der Waals surface area contributed by atoms with Crippen molar-refractivity contribution in [3.05, 3.63) is 0 Å². The highest BCUT2D eigenvalue weighted by atomic mass is 32.2. The minimum atomic E-state index is -8.65. The summed E-state index contributed by atoms with van der Waals surface area (Å²) >= 11 is 0.823. The second-order valence-corrected chi connectivity index (χ2v) is 11.7. The molecular formula is C22H27F17O2S2. The minimum Gasteiger partial charge on any atom is -0.465 e. The Kier molecular flexibility index (Phi) is 14.7. The molecule has 43 heavy (non-hydrogen) atoms. The van der Waals surface area contributed by atoms with Gasteiger partial charge in [0.2, 0.25) is 0 Å². The van der Waals surface area contributed by atoms with Crippen LogP contribution in [0, 0.1) is 0 Å². The fraction of sp³-hybridized carbons (Fsp3) is 0.955. The average Bonchev–Trinajstić information content (AvgIpc) is 2.85. The number of thioether (sulfide) groups is 2. The lowest BCUT2D eigenvalue weighted by atomic mass is 9.88. The van der Waals surface area contributed by atoms with Crippen molar-refractivity contribution in [2.24, 2.45) is 0 Å². The number of esters is 1. The van der Waals surface area contributed by atoms with Gasteiger partial charge < -0.3 is 4.74 Å². The third-order valence-corrected chi connectivity index (χ3v) is 8.49. The topological polar surface area (TPSA) is 26.3 Å². The Labute approximate surface area is 243 Å². The number of carbonyl (C=O) groups is 1. The highest BCUT2D eigenvalue weighted by Crippen LogP contribution is 2.64. The number of halogens is 17. The molecule has 1 atom stereocenters. The van der Waals surface area contributed by atoms with Gasteiger partial charge in [0.25, 0.3) is 0 Å². The summed E-state index contributed by atoms with van der Waals surface area (Å²) in [4.78, 5) is 12.0. The summed E-state index contributed by atoms with van der Waals surface area (Å²) in [5.74, 6) is -58.9. The Balaban J connectivity index is 5.90. The van der Waals surface area contributed by atoms with Crippen LogP contribution in [0.1, 0.15) is 58.8 Å². The molecule has 2 nitrogen and oxygen atoms in total. The monoisotopic (exact) mass is 710 g/mol. The van der Waals surface area contributed by atoms with E-state index in [1.807, 2.05) is 6.92 Å². The Morgan fingerprint density at radius 2 is 0.953 bits per heavy atom. The number of ether oxygens (including phenoxy) is 1. The van der Waals surface area contributed by atoms with Crippen molar-refractivity contribution in [2.75, 3.05) is 18.1 Å². The fourth-order valence-electron chi connectivity index (χ4n) is 3.11. The van der Waals surface area contributed by atoms with Crippen LogP contribution < -0.4 is 0 Å². The molecular weight excluding hydrogens is 683 g/mol. The Bertz CT molecular complexity index is 878. The number of unbranched alkanes of at least 4 members (excludes halogenated alkanes) is 5. The Morgan fingerprint density at radius 3 is 1.40 bits per heavy atom. The second kappa shape index (κ2) is 15.0. The molecule has 0 aliphatic heterocycles. The van der Waals surface area contributed by atoms with E-state index in [0.717, 1.165) is 37.4 Å². The third kappa shape index (κ3) is 8.62. The number of hydrogen-bond donors (Lipinski definition) is 0. The molecule has 0 aromatic heterocycles. The van der Waals surface area contributed by atoms with Gasteiger partial charge in [-0.1, -0.05) is 39.0 Å². The van der Waals surface area contributed by atoms with Crippen molar-refractivity contribution in [3.63, 3.8) is 0 Å². The Hall–Kier alpha value is -1.02. The summed E-state index contributed by atoms with van der Waals surface area (Å²) in [7, 11) is 0. The zero-order chi connectivity index (χ0) is 34.3. The first kappa shape index (κ1) is 42.0. The highest BCUT2D eigenvalue weighted by molar-refractivity contribution is 8.18. The van der Waals surface area contributed by atoms with Gasteiger partial charge in [-0.3, -0.25) is 0 Å². The van der Waals surface area contributed by atoms with Gasteiger partial charge in [0.15, 0.2) is 0 Å². The van der Waals surface area contributed by atoms with Crippen molar-refractivity contribution >= 4 is 29.5 Å². The summed E-state index contributed by atoms with van der Waals surface area (Å²) in [5.41, 5.74) is 0. The molecule has 0 aromatic rings. The van der Waals surface area contributed by atoms with Gasteiger partial charge in [0.05, 0.1) is 6.61 Å². The van der Waals surface area contributed by atoms with E-state index < -0.39 is 70.4 Å². The third-order valence-electron chi connectivity index (χ3n) is 5.72. The SMILES string of the molecule is CCCCCCCCSC(SCCC(F)(F)C(F)(F)C(F)(F)C(F)(F)C(F)(F)C(F)(F)C(F)(F)C(F)(F)F)C(=O)OCC. The molecule has 0 fully saturated rings. The lowest BCUT2D eigenvalue weighted by Crippen LogP contribution is -2.74. The van der Waals surface area contributed by atoms with E-state index in [2.05, 4.69) is 4.74 Å². The van der Waals surface area contributed by atoms with Crippen molar-refractivity contribution in [3.8, 4) is 0 Å². The van der Waals surface area contributed by atoms with Crippen LogP contribution in [0.2, 0.25) is 0 Å². The van der Waals surface area contributed by atoms with E-state index in [9.17, 15) is 79.4 Å². The van der Waals surface area contributed by atoms with E-state index in [0.29, 0.717) is 12.8 Å². The molecule has 1 unspecified atom stereocenters. The predicted molar refractivity (Wildman–Crippen MR) is 124 cm³/mol. The van der Waals surface area contributed by atoms with Crippen LogP contribution in [0.25, 0.3) is 0 Å². The van der Waals surface area contributed by atoms with Crippen LogP contribution >= 0.6 is 23.5 Å². The number of hydrogen-bond acceptors (Lipinski definition) is 4. The van der Waals surface area contributed by atoms with Crippen LogP contribution in [0.5, 0.6) is 0 Å². The van der Waals surface area contributed by atoms with E-state index >= 15 is 0 Å². The van der Waals surface area contributed by atoms with Gasteiger partial charge in [0, 0.05) is 12.2 Å². The minimum absolute atomic E-state index is 0.0689. The highest BCUT2D eigenvalue weighted by Gasteiger charge is 2.95. The second-order valence-electron chi connectivity index (χ2n) is 8.99. The van der Waals surface area contributed by atoms with Gasteiger partial charge in [-0.15, -0.1) is 23.5 Å². The standard InChI is InChI=1S/C22H27F17O2S2/c1-3-5-6-7-8-9-11-42-14(13(40)41-4-2)43-12-10-15(23,24)16(25,26)17(27,28)18(29,30)19(31,32)20(33,34)21(35,36)22(37,38)39/h14H,3-12H2,1-2H3. The zero-order valence-corrected chi connectivity index (χ0v) is 23.8. The molecule has 0 aromatic carbocycles. The molecule has 0 aliphatic carbocycles.